The van der Waals surface area contributed by atoms with Crippen LogP contribution in [0, 0.1) is 5.92 Å². The number of thiophene rings is 1. The molecule has 0 saturated heterocycles. The van der Waals surface area contributed by atoms with Crippen LogP contribution >= 0.6 is 43.2 Å². The third-order valence-electron chi connectivity index (χ3n) is 3.46. The zero-order valence-corrected chi connectivity index (χ0v) is 14.2. The third kappa shape index (κ3) is 4.07. The molecule has 0 atom stereocenters. The number of hydrogen-bond donors (Lipinski definition) is 1. The van der Waals surface area contributed by atoms with Gasteiger partial charge in [0.1, 0.15) is 0 Å². The molecule has 18 heavy (non-hydrogen) atoms. The molecule has 0 spiro atoms. The van der Waals surface area contributed by atoms with E-state index in [0.29, 0.717) is 0 Å². The first-order valence-electron chi connectivity index (χ1n) is 6.40. The molecule has 1 N–H and O–H groups in total. The molecule has 1 aliphatic carbocycles. The molecule has 2 rings (SSSR count). The van der Waals surface area contributed by atoms with Crippen LogP contribution in [0.1, 0.15) is 48.9 Å². The maximum Gasteiger partial charge on any atom is 0.253 e. The van der Waals surface area contributed by atoms with E-state index in [2.05, 4.69) is 37.2 Å². The molecule has 1 aromatic heterocycles. The van der Waals surface area contributed by atoms with E-state index in [-0.39, 0.29) is 5.91 Å². The van der Waals surface area contributed by atoms with E-state index in [1.807, 2.05) is 6.07 Å². The fraction of sp³-hybridized carbons (Fsp3) is 0.615. The van der Waals surface area contributed by atoms with Gasteiger partial charge in [0.05, 0.1) is 13.1 Å². The third-order valence-corrected chi connectivity index (χ3v) is 5.80. The van der Waals surface area contributed by atoms with Crippen LogP contribution in [0.2, 0.25) is 0 Å². The maximum atomic E-state index is 12.0. The molecule has 1 heterocycles. The summed E-state index contributed by atoms with van der Waals surface area (Å²) in [7, 11) is 0. The molecule has 0 aromatic carbocycles. The molecule has 0 aliphatic heterocycles. The quantitative estimate of drug-likeness (QED) is 0.766. The summed E-state index contributed by atoms with van der Waals surface area (Å²) >= 11 is 8.34. The van der Waals surface area contributed by atoms with Crippen LogP contribution in [0.5, 0.6) is 0 Å². The molecule has 1 aliphatic rings. The SMILES string of the molecule is O=C(NCCC1CCCCC1)c1cc(Br)sc1Br. The van der Waals surface area contributed by atoms with Crippen molar-refractivity contribution in [2.45, 2.75) is 38.5 Å². The second-order valence-corrected chi connectivity index (χ2v) is 8.54. The molecule has 100 valence electrons. The smallest absolute Gasteiger partial charge is 0.253 e. The van der Waals surface area contributed by atoms with Gasteiger partial charge >= 0.3 is 0 Å². The van der Waals surface area contributed by atoms with E-state index in [9.17, 15) is 4.79 Å². The van der Waals surface area contributed by atoms with E-state index < -0.39 is 0 Å². The Bertz CT molecular complexity index is 413. The summed E-state index contributed by atoms with van der Waals surface area (Å²) in [5.41, 5.74) is 0.732. The average Bonchev–Trinajstić information content (AvgIpc) is 2.70. The highest BCUT2D eigenvalue weighted by Crippen LogP contribution is 2.31. The largest absolute Gasteiger partial charge is 0.352 e. The fourth-order valence-corrected chi connectivity index (χ4v) is 5.25. The molecular formula is C13H17Br2NOS. The van der Waals surface area contributed by atoms with Crippen molar-refractivity contribution < 1.29 is 4.79 Å². The number of halogens is 2. The maximum absolute atomic E-state index is 12.0. The van der Waals surface area contributed by atoms with Gasteiger partial charge in [-0.25, -0.2) is 0 Å². The highest BCUT2D eigenvalue weighted by Gasteiger charge is 2.15. The highest BCUT2D eigenvalue weighted by molar-refractivity contribution is 9.12. The van der Waals surface area contributed by atoms with Gasteiger partial charge in [-0.05, 0) is 50.3 Å². The molecule has 0 unspecified atom stereocenters. The minimum Gasteiger partial charge on any atom is -0.352 e. The van der Waals surface area contributed by atoms with E-state index in [1.165, 1.54) is 43.4 Å². The van der Waals surface area contributed by atoms with Crippen LogP contribution in [-0.4, -0.2) is 12.5 Å². The van der Waals surface area contributed by atoms with Crippen LogP contribution in [0.3, 0.4) is 0 Å². The Kier molecular flexibility index (Phi) is 5.70. The Morgan fingerprint density at radius 2 is 2.06 bits per heavy atom. The fourth-order valence-electron chi connectivity index (χ4n) is 2.46. The molecule has 1 amide bonds. The molecule has 0 bridgehead atoms. The van der Waals surface area contributed by atoms with Crippen molar-refractivity contribution in [3.8, 4) is 0 Å². The molecular weight excluding hydrogens is 378 g/mol. The number of amides is 1. The standard InChI is InChI=1S/C13H17Br2NOS/c14-11-8-10(12(15)18-11)13(17)16-7-6-9-4-2-1-3-5-9/h8-9H,1-7H2,(H,16,17). The lowest BCUT2D eigenvalue weighted by Crippen LogP contribution is -2.26. The number of nitrogens with one attached hydrogen (secondary N) is 1. The predicted octanol–water partition coefficient (Wildman–Crippen LogP) is 4.97. The molecule has 1 aromatic rings. The summed E-state index contributed by atoms with van der Waals surface area (Å²) in [5, 5.41) is 3.02. The van der Waals surface area contributed by atoms with E-state index in [0.717, 1.165) is 32.0 Å². The Balaban J connectivity index is 1.76. The van der Waals surface area contributed by atoms with E-state index in [1.54, 1.807) is 0 Å². The van der Waals surface area contributed by atoms with Crippen molar-refractivity contribution in [1.82, 2.24) is 5.32 Å². The second-order valence-electron chi connectivity index (χ2n) is 4.79. The van der Waals surface area contributed by atoms with Gasteiger partial charge in [-0.1, -0.05) is 32.1 Å². The Hall–Kier alpha value is 0.130. The summed E-state index contributed by atoms with van der Waals surface area (Å²) in [4.78, 5) is 12.0. The van der Waals surface area contributed by atoms with Crippen LogP contribution < -0.4 is 5.32 Å². The van der Waals surface area contributed by atoms with Crippen LogP contribution in [-0.2, 0) is 0 Å². The van der Waals surface area contributed by atoms with Crippen molar-refractivity contribution >= 4 is 49.1 Å². The van der Waals surface area contributed by atoms with Gasteiger partial charge < -0.3 is 5.32 Å². The topological polar surface area (TPSA) is 29.1 Å². The highest BCUT2D eigenvalue weighted by atomic mass is 79.9. The van der Waals surface area contributed by atoms with Crippen LogP contribution in [0.4, 0.5) is 0 Å². The zero-order chi connectivity index (χ0) is 13.0. The van der Waals surface area contributed by atoms with Gasteiger partial charge in [0.15, 0.2) is 0 Å². The minimum atomic E-state index is 0.0274. The van der Waals surface area contributed by atoms with Crippen LogP contribution in [0.15, 0.2) is 13.6 Å². The minimum absolute atomic E-state index is 0.0274. The summed E-state index contributed by atoms with van der Waals surface area (Å²) in [6.07, 6.45) is 7.91. The Morgan fingerprint density at radius 1 is 1.33 bits per heavy atom. The number of hydrogen-bond acceptors (Lipinski definition) is 2. The lowest BCUT2D eigenvalue weighted by molar-refractivity contribution is 0.0950. The first-order valence-corrected chi connectivity index (χ1v) is 8.80. The second kappa shape index (κ2) is 7.06. The van der Waals surface area contributed by atoms with Gasteiger partial charge in [-0.15, -0.1) is 11.3 Å². The molecule has 1 fully saturated rings. The molecule has 0 radical (unpaired) electrons. The van der Waals surface area contributed by atoms with Crippen molar-refractivity contribution in [2.75, 3.05) is 6.54 Å². The summed E-state index contributed by atoms with van der Waals surface area (Å²) < 4.78 is 1.87. The first kappa shape index (κ1) is 14.5. The van der Waals surface area contributed by atoms with Gasteiger partial charge in [-0.2, -0.15) is 0 Å². The summed E-state index contributed by atoms with van der Waals surface area (Å²) in [6.45, 7) is 0.795. The normalized spacial score (nSPS) is 16.8. The van der Waals surface area contributed by atoms with Gasteiger partial charge in [0.2, 0.25) is 0 Å². The van der Waals surface area contributed by atoms with Crippen LogP contribution in [0.25, 0.3) is 0 Å². The number of carbonyl (C=O) groups is 1. The number of rotatable bonds is 4. The summed E-state index contributed by atoms with van der Waals surface area (Å²) in [5.74, 6) is 0.844. The zero-order valence-electron chi connectivity index (χ0n) is 10.2. The van der Waals surface area contributed by atoms with Gasteiger partial charge in [0.25, 0.3) is 5.91 Å². The van der Waals surface area contributed by atoms with Crippen molar-refractivity contribution in [3.05, 3.63) is 19.2 Å². The lowest BCUT2D eigenvalue weighted by atomic mass is 9.87. The van der Waals surface area contributed by atoms with E-state index >= 15 is 0 Å². The molecule has 2 nitrogen and oxygen atoms in total. The predicted molar refractivity (Wildman–Crippen MR) is 83.2 cm³/mol. The van der Waals surface area contributed by atoms with Crippen molar-refractivity contribution in [2.24, 2.45) is 5.92 Å². The summed E-state index contributed by atoms with van der Waals surface area (Å²) in [6, 6.07) is 1.87. The number of carbonyl (C=O) groups excluding carboxylic acids is 1. The lowest BCUT2D eigenvalue weighted by Gasteiger charge is -2.21. The molecule has 1 saturated carbocycles. The van der Waals surface area contributed by atoms with Crippen molar-refractivity contribution in [3.63, 3.8) is 0 Å². The van der Waals surface area contributed by atoms with Crippen molar-refractivity contribution in [1.29, 1.82) is 0 Å². The first-order chi connectivity index (χ1) is 8.66. The Morgan fingerprint density at radius 3 is 2.67 bits per heavy atom. The molecule has 5 heteroatoms. The van der Waals surface area contributed by atoms with Gasteiger partial charge in [0, 0.05) is 6.54 Å². The van der Waals surface area contributed by atoms with E-state index in [4.69, 9.17) is 0 Å². The average molecular weight is 395 g/mol. The monoisotopic (exact) mass is 393 g/mol. The Labute approximate surface area is 129 Å². The van der Waals surface area contributed by atoms with Gasteiger partial charge in [-0.3, -0.25) is 4.79 Å².